The third-order valence-corrected chi connectivity index (χ3v) is 6.96. The summed E-state index contributed by atoms with van der Waals surface area (Å²) < 4.78 is 72.1. The molecule has 3 aromatic rings. The third kappa shape index (κ3) is 7.14. The number of carboxylic acid groups (broad SMARTS) is 1. The van der Waals surface area contributed by atoms with Crippen LogP contribution in [0.4, 0.5) is 43.8 Å². The molecule has 2 amide bonds. The highest BCUT2D eigenvalue weighted by Crippen LogP contribution is 2.41. The molecule has 0 aromatic heterocycles. The van der Waals surface area contributed by atoms with Crippen molar-refractivity contribution in [2.45, 2.75) is 51.5 Å². The van der Waals surface area contributed by atoms with Gasteiger partial charge in [-0.3, -0.25) is 0 Å². The van der Waals surface area contributed by atoms with Gasteiger partial charge >= 0.3 is 12.0 Å². The van der Waals surface area contributed by atoms with Crippen molar-refractivity contribution in [2.75, 3.05) is 22.1 Å². The average molecular weight is 576 g/mol. The van der Waals surface area contributed by atoms with Crippen LogP contribution in [0.15, 0.2) is 54.6 Å². The van der Waals surface area contributed by atoms with Gasteiger partial charge < -0.3 is 20.6 Å². The highest BCUT2D eigenvalue weighted by Gasteiger charge is 2.38. The standard InChI is InChI=1S/C30H30F5N3O3/c1-17(2)16-38(19-9-11-30(34,35)12-10-19)27-15-24(33)22(21-13-18(31)7-8-20(21)28(39)40)14-26(27)37-29(41)36-25-6-4-3-5-23(25)32/h3-8,13-15,17,19H,9-12,16H2,1-2H3,(H,39,40)(H2,36,37,41). The molecule has 0 unspecified atom stereocenters. The highest BCUT2D eigenvalue weighted by atomic mass is 19.3. The van der Waals surface area contributed by atoms with E-state index in [2.05, 4.69) is 10.6 Å². The van der Waals surface area contributed by atoms with Gasteiger partial charge in [-0.25, -0.2) is 31.5 Å². The lowest BCUT2D eigenvalue weighted by molar-refractivity contribution is -0.0382. The monoisotopic (exact) mass is 575 g/mol. The molecule has 0 spiro atoms. The SMILES string of the molecule is CC(C)CN(c1cc(F)c(-c2cc(F)ccc2C(=O)O)cc1NC(=O)Nc1ccccc1F)C1CCC(F)(F)CC1. The molecule has 0 heterocycles. The Morgan fingerprint density at radius 3 is 2.22 bits per heavy atom. The molecular weight excluding hydrogens is 545 g/mol. The van der Waals surface area contributed by atoms with Gasteiger partial charge in [0, 0.05) is 36.6 Å². The topological polar surface area (TPSA) is 81.7 Å². The summed E-state index contributed by atoms with van der Waals surface area (Å²) in [5.74, 6) is -6.60. The predicted octanol–water partition coefficient (Wildman–Crippen LogP) is 8.15. The third-order valence-electron chi connectivity index (χ3n) is 6.96. The summed E-state index contributed by atoms with van der Waals surface area (Å²) in [7, 11) is 0. The first kappa shape index (κ1) is 29.8. The molecule has 1 aliphatic carbocycles. The number of nitrogens with zero attached hydrogens (tertiary/aromatic N) is 1. The van der Waals surface area contributed by atoms with E-state index in [0.717, 1.165) is 30.3 Å². The molecule has 3 aromatic carbocycles. The minimum atomic E-state index is -2.81. The molecule has 4 rings (SSSR count). The quantitative estimate of drug-likeness (QED) is 0.237. The van der Waals surface area contributed by atoms with Crippen LogP contribution in [0.3, 0.4) is 0 Å². The Kier molecular flexibility index (Phi) is 8.84. The van der Waals surface area contributed by atoms with E-state index in [1.165, 1.54) is 24.3 Å². The summed E-state index contributed by atoms with van der Waals surface area (Å²) in [6.45, 7) is 4.14. The lowest BCUT2D eigenvalue weighted by Gasteiger charge is -2.40. The first-order valence-corrected chi connectivity index (χ1v) is 13.2. The van der Waals surface area contributed by atoms with Crippen LogP contribution in [-0.2, 0) is 0 Å². The minimum Gasteiger partial charge on any atom is -0.478 e. The van der Waals surface area contributed by atoms with E-state index < -0.39 is 41.4 Å². The number of urea groups is 1. The van der Waals surface area contributed by atoms with Gasteiger partial charge in [-0.15, -0.1) is 0 Å². The van der Waals surface area contributed by atoms with Crippen LogP contribution in [0.2, 0.25) is 0 Å². The van der Waals surface area contributed by atoms with Gasteiger partial charge in [-0.05, 0) is 61.2 Å². The summed E-state index contributed by atoms with van der Waals surface area (Å²) in [4.78, 5) is 26.6. The predicted molar refractivity (Wildman–Crippen MR) is 147 cm³/mol. The lowest BCUT2D eigenvalue weighted by Crippen LogP contribution is -2.43. The first-order chi connectivity index (χ1) is 19.3. The number of halogens is 5. The summed E-state index contributed by atoms with van der Waals surface area (Å²) in [5.41, 5.74) is -0.867. The maximum Gasteiger partial charge on any atom is 0.336 e. The van der Waals surface area contributed by atoms with Crippen LogP contribution < -0.4 is 15.5 Å². The van der Waals surface area contributed by atoms with Crippen LogP contribution in [-0.4, -0.2) is 35.6 Å². The number of para-hydroxylation sites is 1. The Morgan fingerprint density at radius 2 is 1.59 bits per heavy atom. The van der Waals surface area contributed by atoms with Crippen LogP contribution in [0.25, 0.3) is 11.1 Å². The molecule has 0 atom stereocenters. The van der Waals surface area contributed by atoms with Crippen molar-refractivity contribution in [1.29, 1.82) is 0 Å². The van der Waals surface area contributed by atoms with Crippen molar-refractivity contribution < 1.29 is 36.6 Å². The number of hydrogen-bond acceptors (Lipinski definition) is 3. The number of benzene rings is 3. The Balaban J connectivity index is 1.83. The largest absolute Gasteiger partial charge is 0.478 e. The Morgan fingerprint density at radius 1 is 0.927 bits per heavy atom. The number of alkyl halides is 2. The van der Waals surface area contributed by atoms with Gasteiger partial charge in [-0.2, -0.15) is 0 Å². The number of carbonyl (C=O) groups is 2. The van der Waals surface area contributed by atoms with Gasteiger partial charge in [-0.1, -0.05) is 26.0 Å². The minimum absolute atomic E-state index is 0.00817. The molecular formula is C30H30F5N3O3. The van der Waals surface area contributed by atoms with E-state index in [9.17, 15) is 32.3 Å². The van der Waals surface area contributed by atoms with E-state index in [-0.39, 0.29) is 65.4 Å². The van der Waals surface area contributed by atoms with E-state index in [4.69, 9.17) is 0 Å². The van der Waals surface area contributed by atoms with Crippen molar-refractivity contribution in [3.05, 3.63) is 77.6 Å². The fraction of sp³-hybridized carbons (Fsp3) is 0.333. The summed E-state index contributed by atoms with van der Waals surface area (Å²) in [6, 6.07) is 9.24. The van der Waals surface area contributed by atoms with E-state index in [1.54, 1.807) is 4.90 Å². The fourth-order valence-corrected chi connectivity index (χ4v) is 5.05. The molecule has 11 heteroatoms. The second kappa shape index (κ2) is 12.2. The van der Waals surface area contributed by atoms with E-state index in [1.807, 2.05) is 13.8 Å². The second-order valence-electron chi connectivity index (χ2n) is 10.5. The van der Waals surface area contributed by atoms with Crippen LogP contribution in [0, 0.1) is 23.4 Å². The zero-order valence-electron chi connectivity index (χ0n) is 22.5. The van der Waals surface area contributed by atoms with Crippen molar-refractivity contribution >= 4 is 29.1 Å². The van der Waals surface area contributed by atoms with Crippen LogP contribution >= 0.6 is 0 Å². The molecule has 1 saturated carbocycles. The normalized spacial score (nSPS) is 15.0. The first-order valence-electron chi connectivity index (χ1n) is 13.2. The molecule has 0 bridgehead atoms. The number of carboxylic acids is 1. The average Bonchev–Trinajstić information content (AvgIpc) is 2.89. The number of rotatable bonds is 8. The van der Waals surface area contributed by atoms with Gasteiger partial charge in [0.1, 0.15) is 17.5 Å². The van der Waals surface area contributed by atoms with Crippen molar-refractivity contribution in [3.8, 4) is 11.1 Å². The number of carbonyl (C=O) groups excluding carboxylic acids is 1. The lowest BCUT2D eigenvalue weighted by atomic mass is 9.90. The van der Waals surface area contributed by atoms with Crippen molar-refractivity contribution in [2.24, 2.45) is 5.92 Å². The highest BCUT2D eigenvalue weighted by molar-refractivity contribution is 6.03. The zero-order valence-corrected chi connectivity index (χ0v) is 22.5. The second-order valence-corrected chi connectivity index (χ2v) is 10.5. The number of hydrogen-bond donors (Lipinski definition) is 3. The summed E-state index contributed by atoms with van der Waals surface area (Å²) in [5, 5.41) is 14.6. The zero-order chi connectivity index (χ0) is 29.9. The van der Waals surface area contributed by atoms with Gasteiger partial charge in [0.2, 0.25) is 5.92 Å². The number of amides is 2. The molecule has 218 valence electrons. The molecule has 1 fully saturated rings. The molecule has 0 saturated heterocycles. The molecule has 41 heavy (non-hydrogen) atoms. The van der Waals surface area contributed by atoms with Crippen LogP contribution in [0.1, 0.15) is 49.9 Å². The van der Waals surface area contributed by atoms with Gasteiger partial charge in [0.25, 0.3) is 0 Å². The van der Waals surface area contributed by atoms with Crippen molar-refractivity contribution in [3.63, 3.8) is 0 Å². The molecule has 0 radical (unpaired) electrons. The Labute approximate surface area is 234 Å². The Hall–Kier alpha value is -4.15. The molecule has 3 N–H and O–H groups in total. The van der Waals surface area contributed by atoms with Gasteiger partial charge in [0.05, 0.1) is 22.6 Å². The molecule has 0 aliphatic heterocycles. The smallest absolute Gasteiger partial charge is 0.336 e. The number of nitrogens with one attached hydrogen (secondary N) is 2. The maximum absolute atomic E-state index is 15.8. The Bertz CT molecular complexity index is 1440. The number of anilines is 3. The summed E-state index contributed by atoms with van der Waals surface area (Å²) in [6.07, 6.45) is -0.461. The van der Waals surface area contributed by atoms with Crippen LogP contribution in [0.5, 0.6) is 0 Å². The van der Waals surface area contributed by atoms with Crippen molar-refractivity contribution in [1.82, 2.24) is 0 Å². The maximum atomic E-state index is 15.8. The molecule has 1 aliphatic rings. The van der Waals surface area contributed by atoms with E-state index >= 15 is 4.39 Å². The fourth-order valence-electron chi connectivity index (χ4n) is 5.05. The van der Waals surface area contributed by atoms with E-state index in [0.29, 0.717) is 6.54 Å². The summed E-state index contributed by atoms with van der Waals surface area (Å²) >= 11 is 0. The van der Waals surface area contributed by atoms with Gasteiger partial charge in [0.15, 0.2) is 0 Å². The molecule has 6 nitrogen and oxygen atoms in total. The number of aromatic carboxylic acids is 1.